The van der Waals surface area contributed by atoms with E-state index in [-0.39, 0.29) is 29.3 Å². The summed E-state index contributed by atoms with van der Waals surface area (Å²) in [5.74, 6) is -1.73. The van der Waals surface area contributed by atoms with E-state index < -0.39 is 24.1 Å². The van der Waals surface area contributed by atoms with Crippen LogP contribution in [0.15, 0.2) is 36.4 Å². The van der Waals surface area contributed by atoms with Crippen LogP contribution in [0.1, 0.15) is 56.4 Å². The number of methoxy groups -OCH3 is 1. The average molecular weight is 565 g/mol. The van der Waals surface area contributed by atoms with Gasteiger partial charge in [0.05, 0.1) is 23.7 Å². The predicted octanol–water partition coefficient (Wildman–Crippen LogP) is 6.45. The molecule has 1 aromatic heterocycles. The summed E-state index contributed by atoms with van der Waals surface area (Å²) in [5.41, 5.74) is 1.04. The van der Waals surface area contributed by atoms with Crippen molar-refractivity contribution in [2.45, 2.75) is 52.4 Å². The number of likely N-dealkylation sites (N-methyl/N-ethyl adjacent to an activating group) is 1. The summed E-state index contributed by atoms with van der Waals surface area (Å²) in [4.78, 5) is 30.3. The van der Waals surface area contributed by atoms with Gasteiger partial charge in [0.15, 0.2) is 0 Å². The molecule has 0 bridgehead atoms. The summed E-state index contributed by atoms with van der Waals surface area (Å²) in [6.45, 7) is 6.16. The molecule has 12 heteroatoms. The molecular formula is C28H32F4N4O4. The number of fused-ring (bicyclic) bond motifs is 1. The number of esters is 1. The molecule has 1 unspecified atom stereocenters. The molecule has 1 saturated carbocycles. The van der Waals surface area contributed by atoms with E-state index in [2.05, 4.69) is 40.5 Å². The third-order valence-corrected chi connectivity index (χ3v) is 7.02. The van der Waals surface area contributed by atoms with Crippen LogP contribution in [-0.4, -0.2) is 53.4 Å². The second kappa shape index (κ2) is 11.0. The molecule has 2 aromatic carbocycles. The Hall–Kier alpha value is -3.83. The molecule has 8 nitrogen and oxygen atoms in total. The number of anilines is 2. The topological polar surface area (TPSA) is 85.7 Å². The van der Waals surface area contributed by atoms with Crippen LogP contribution in [0.5, 0.6) is 5.75 Å². The molecular weight excluding hydrogens is 532 g/mol. The van der Waals surface area contributed by atoms with Gasteiger partial charge in [0.2, 0.25) is 5.95 Å². The summed E-state index contributed by atoms with van der Waals surface area (Å²) in [5, 5.41) is 3.15. The van der Waals surface area contributed by atoms with Crippen molar-refractivity contribution in [1.82, 2.24) is 14.5 Å². The highest BCUT2D eigenvalue weighted by Crippen LogP contribution is 2.46. The van der Waals surface area contributed by atoms with Crippen LogP contribution in [0.25, 0.3) is 11.0 Å². The van der Waals surface area contributed by atoms with Gasteiger partial charge in [-0.3, -0.25) is 9.59 Å². The largest absolute Gasteiger partial charge is 0.573 e. The monoisotopic (exact) mass is 564 g/mol. The molecule has 0 saturated heterocycles. The molecule has 1 aliphatic carbocycles. The Balaban J connectivity index is 1.76. The summed E-state index contributed by atoms with van der Waals surface area (Å²) in [7, 11) is 2.56. The van der Waals surface area contributed by atoms with Crippen LogP contribution >= 0.6 is 0 Å². The SMILES string of the molecule is COC(=O)CN(C)C(=O)c1cc2nc(Nc3ccc(OC(F)(F)F)cc3)n(C3C[C@H](C)CC(C)(C)C3)c2cc1F. The average Bonchev–Trinajstić information content (AvgIpc) is 3.18. The number of carbonyl (C=O) groups excluding carboxylic acids is 2. The number of nitrogens with one attached hydrogen (secondary N) is 1. The van der Waals surface area contributed by atoms with Crippen molar-refractivity contribution in [1.29, 1.82) is 0 Å². The highest BCUT2D eigenvalue weighted by atomic mass is 19.4. The molecule has 3 aromatic rings. The molecule has 0 aliphatic heterocycles. The number of benzene rings is 2. The second-order valence-electron chi connectivity index (χ2n) is 11.1. The number of hydrogen-bond acceptors (Lipinski definition) is 6. The molecule has 216 valence electrons. The van der Waals surface area contributed by atoms with Gasteiger partial charge in [-0.2, -0.15) is 0 Å². The lowest BCUT2D eigenvalue weighted by Crippen LogP contribution is -2.33. The van der Waals surface area contributed by atoms with Crippen LogP contribution in [0.3, 0.4) is 0 Å². The van der Waals surface area contributed by atoms with Crippen molar-refractivity contribution in [3.8, 4) is 5.75 Å². The Morgan fingerprint density at radius 1 is 1.18 bits per heavy atom. The normalized spacial score (nSPS) is 18.8. The Kier molecular flexibility index (Phi) is 8.00. The van der Waals surface area contributed by atoms with Gasteiger partial charge < -0.3 is 24.3 Å². The molecule has 4 rings (SSSR count). The number of nitrogens with zero attached hydrogens (tertiary/aromatic N) is 3. The maximum atomic E-state index is 15.4. The minimum Gasteiger partial charge on any atom is -0.468 e. The van der Waals surface area contributed by atoms with Crippen molar-refractivity contribution in [3.05, 3.63) is 47.8 Å². The lowest BCUT2D eigenvalue weighted by atomic mass is 9.70. The van der Waals surface area contributed by atoms with Crippen LogP contribution in [0.4, 0.5) is 29.2 Å². The molecule has 40 heavy (non-hydrogen) atoms. The molecule has 1 heterocycles. The highest BCUT2D eigenvalue weighted by Gasteiger charge is 2.35. The van der Waals surface area contributed by atoms with Crippen LogP contribution < -0.4 is 10.1 Å². The quantitative estimate of drug-likeness (QED) is 0.262. The number of hydrogen-bond donors (Lipinski definition) is 1. The first kappa shape index (κ1) is 29.2. The number of imidazole rings is 1. The number of alkyl halides is 3. The Bertz CT molecular complexity index is 1400. The molecule has 2 atom stereocenters. The number of carbonyl (C=O) groups is 2. The van der Waals surface area contributed by atoms with Gasteiger partial charge >= 0.3 is 12.3 Å². The van der Waals surface area contributed by atoms with E-state index in [0.29, 0.717) is 28.6 Å². The molecule has 0 radical (unpaired) electrons. The number of ether oxygens (including phenoxy) is 2. The molecule has 0 spiro atoms. The van der Waals surface area contributed by atoms with Crippen molar-refractivity contribution in [2.24, 2.45) is 11.3 Å². The first-order valence-electron chi connectivity index (χ1n) is 12.8. The van der Waals surface area contributed by atoms with E-state index >= 15 is 4.39 Å². The fraction of sp³-hybridized carbons (Fsp3) is 0.464. The Morgan fingerprint density at radius 2 is 1.85 bits per heavy atom. The second-order valence-corrected chi connectivity index (χ2v) is 11.1. The zero-order valence-electron chi connectivity index (χ0n) is 22.9. The smallest absolute Gasteiger partial charge is 0.468 e. The van der Waals surface area contributed by atoms with Crippen molar-refractivity contribution >= 4 is 34.5 Å². The van der Waals surface area contributed by atoms with Crippen molar-refractivity contribution in [3.63, 3.8) is 0 Å². The fourth-order valence-corrected chi connectivity index (χ4v) is 5.63. The minimum atomic E-state index is -4.81. The number of rotatable bonds is 7. The zero-order valence-corrected chi connectivity index (χ0v) is 22.9. The fourth-order valence-electron chi connectivity index (χ4n) is 5.63. The van der Waals surface area contributed by atoms with E-state index in [1.54, 1.807) is 0 Å². The first-order valence-corrected chi connectivity index (χ1v) is 12.8. The van der Waals surface area contributed by atoms with Gasteiger partial charge in [-0.1, -0.05) is 20.8 Å². The van der Waals surface area contributed by atoms with Gasteiger partial charge in [0.25, 0.3) is 5.91 Å². The minimum absolute atomic E-state index is 0.0117. The zero-order chi connectivity index (χ0) is 29.4. The summed E-state index contributed by atoms with van der Waals surface area (Å²) < 4.78 is 63.6. The van der Waals surface area contributed by atoms with Crippen molar-refractivity contribution < 1.29 is 36.6 Å². The number of amides is 1. The molecule has 1 amide bonds. The lowest BCUT2D eigenvalue weighted by molar-refractivity contribution is -0.274. The third-order valence-electron chi connectivity index (χ3n) is 7.02. The summed E-state index contributed by atoms with van der Waals surface area (Å²) >= 11 is 0. The molecule has 1 aliphatic rings. The lowest BCUT2D eigenvalue weighted by Gasteiger charge is -2.40. The summed E-state index contributed by atoms with van der Waals surface area (Å²) in [6.07, 6.45) is -2.18. The highest BCUT2D eigenvalue weighted by molar-refractivity contribution is 5.99. The van der Waals surface area contributed by atoms with E-state index in [4.69, 9.17) is 0 Å². The van der Waals surface area contributed by atoms with Crippen LogP contribution in [0.2, 0.25) is 0 Å². The Morgan fingerprint density at radius 3 is 2.45 bits per heavy atom. The van der Waals surface area contributed by atoms with Crippen LogP contribution in [-0.2, 0) is 9.53 Å². The third kappa shape index (κ3) is 6.65. The van der Waals surface area contributed by atoms with Crippen molar-refractivity contribution in [2.75, 3.05) is 26.0 Å². The predicted molar refractivity (Wildman–Crippen MR) is 141 cm³/mol. The molecule has 1 fully saturated rings. The van der Waals surface area contributed by atoms with E-state index in [0.717, 1.165) is 24.2 Å². The van der Waals surface area contributed by atoms with Gasteiger partial charge in [0.1, 0.15) is 18.1 Å². The van der Waals surface area contributed by atoms with Gasteiger partial charge in [-0.25, -0.2) is 9.37 Å². The van der Waals surface area contributed by atoms with E-state index in [1.165, 1.54) is 50.6 Å². The maximum absolute atomic E-state index is 15.4. The van der Waals surface area contributed by atoms with E-state index in [9.17, 15) is 22.8 Å². The summed E-state index contributed by atoms with van der Waals surface area (Å²) in [6, 6.07) is 7.77. The Labute approximate surface area is 229 Å². The molecule has 1 N–H and O–H groups in total. The number of aromatic nitrogens is 2. The van der Waals surface area contributed by atoms with Gasteiger partial charge in [0, 0.05) is 24.8 Å². The first-order chi connectivity index (χ1) is 18.7. The number of halogens is 4. The standard InChI is InChI=1S/C28H32F4N4O4/c1-16-10-18(14-27(2,3)13-16)36-23-12-21(29)20(25(38)35(4)15-24(37)39-5)11-22(23)34-26(36)33-17-6-8-19(9-7-17)40-28(30,31)32/h6-9,11-12,16,18H,10,13-15H2,1-5H3,(H,33,34)/t16-,18?/m0/s1. The van der Waals surface area contributed by atoms with Gasteiger partial charge in [-0.05, 0) is 60.9 Å². The van der Waals surface area contributed by atoms with Gasteiger partial charge in [-0.15, -0.1) is 13.2 Å². The van der Waals surface area contributed by atoms with Crippen LogP contribution in [0, 0.1) is 17.2 Å². The van der Waals surface area contributed by atoms with E-state index in [1.807, 2.05) is 4.57 Å². The maximum Gasteiger partial charge on any atom is 0.573 e.